The van der Waals surface area contributed by atoms with Gasteiger partial charge in [0.15, 0.2) is 0 Å². The molecule has 2 heterocycles. The molecule has 0 spiro atoms. The van der Waals surface area contributed by atoms with Crippen molar-refractivity contribution in [1.82, 2.24) is 14.3 Å². The molecule has 0 atom stereocenters. The van der Waals surface area contributed by atoms with Gasteiger partial charge in [-0.2, -0.15) is 13.2 Å². The van der Waals surface area contributed by atoms with Crippen molar-refractivity contribution in [3.8, 4) is 11.1 Å². The normalized spacial score (nSPS) is 15.0. The van der Waals surface area contributed by atoms with E-state index >= 15 is 4.39 Å². The highest BCUT2D eigenvalue weighted by molar-refractivity contribution is 7.98. The van der Waals surface area contributed by atoms with Crippen LogP contribution in [-0.2, 0) is 19.3 Å². The zero-order valence-electron chi connectivity index (χ0n) is 18.6. The van der Waals surface area contributed by atoms with Crippen LogP contribution in [0.2, 0.25) is 0 Å². The summed E-state index contributed by atoms with van der Waals surface area (Å²) in [4.78, 5) is 4.01. The molecular formula is C24H27F4N3S. The quantitative estimate of drug-likeness (QED) is 0.311. The number of rotatable bonds is 6. The number of nitrogens with one attached hydrogen (secondary N) is 1. The van der Waals surface area contributed by atoms with E-state index in [1.54, 1.807) is 18.0 Å². The minimum Gasteiger partial charge on any atom is -0.347 e. The highest BCUT2D eigenvalue weighted by Crippen LogP contribution is 2.41. The molecule has 3 nitrogen and oxygen atoms in total. The SMILES string of the molecule is Cc1nccc(C(F)(F)F)c1-c1cc2c(cc1F)c(CNSC1CC1)cn2CC(C)(C)C. The Balaban J connectivity index is 1.86. The molecule has 1 aromatic carbocycles. The molecule has 8 heteroatoms. The van der Waals surface area contributed by atoms with Crippen molar-refractivity contribution in [2.24, 2.45) is 5.41 Å². The van der Waals surface area contributed by atoms with Crippen LogP contribution in [0.15, 0.2) is 30.6 Å². The second-order valence-electron chi connectivity index (χ2n) is 9.65. The van der Waals surface area contributed by atoms with Gasteiger partial charge < -0.3 is 4.57 Å². The van der Waals surface area contributed by atoms with Gasteiger partial charge in [0, 0.05) is 58.5 Å². The monoisotopic (exact) mass is 465 g/mol. The van der Waals surface area contributed by atoms with Crippen LogP contribution in [0.4, 0.5) is 17.6 Å². The lowest BCUT2D eigenvalue weighted by Gasteiger charge is -2.20. The summed E-state index contributed by atoms with van der Waals surface area (Å²) in [5.74, 6) is -0.677. The number of pyridine rings is 1. The molecule has 1 fully saturated rings. The van der Waals surface area contributed by atoms with Gasteiger partial charge in [-0.3, -0.25) is 9.71 Å². The van der Waals surface area contributed by atoms with E-state index in [2.05, 4.69) is 30.5 Å². The van der Waals surface area contributed by atoms with Gasteiger partial charge in [-0.1, -0.05) is 32.7 Å². The lowest BCUT2D eigenvalue weighted by molar-refractivity contribution is -0.137. The third-order valence-corrected chi connectivity index (χ3v) is 6.57. The molecular weight excluding hydrogens is 438 g/mol. The summed E-state index contributed by atoms with van der Waals surface area (Å²) < 4.78 is 61.8. The average molecular weight is 466 g/mol. The Morgan fingerprint density at radius 1 is 1.19 bits per heavy atom. The molecule has 32 heavy (non-hydrogen) atoms. The van der Waals surface area contributed by atoms with Gasteiger partial charge in [0.05, 0.1) is 5.56 Å². The zero-order chi connectivity index (χ0) is 23.3. The van der Waals surface area contributed by atoms with Gasteiger partial charge in [0.25, 0.3) is 0 Å². The average Bonchev–Trinajstić information content (AvgIpc) is 3.44. The molecule has 0 radical (unpaired) electrons. The Morgan fingerprint density at radius 3 is 2.53 bits per heavy atom. The standard InChI is InChI=1S/C24H27F4N3S/c1-14-22(19(7-8-29-14)24(26,27)28)18-10-21-17(9-20(18)25)15(11-30-32-16-5-6-16)12-31(21)13-23(2,3)4/h7-10,12,16,30H,5-6,11,13H2,1-4H3. The molecule has 0 bridgehead atoms. The van der Waals surface area contributed by atoms with E-state index in [1.165, 1.54) is 25.8 Å². The summed E-state index contributed by atoms with van der Waals surface area (Å²) in [7, 11) is 0. The van der Waals surface area contributed by atoms with Crippen LogP contribution in [-0.4, -0.2) is 14.8 Å². The molecule has 1 aliphatic carbocycles. The fourth-order valence-electron chi connectivity index (χ4n) is 3.92. The topological polar surface area (TPSA) is 29.9 Å². The smallest absolute Gasteiger partial charge is 0.347 e. The van der Waals surface area contributed by atoms with Crippen LogP contribution in [0.3, 0.4) is 0 Å². The van der Waals surface area contributed by atoms with Crippen LogP contribution in [0.5, 0.6) is 0 Å². The van der Waals surface area contributed by atoms with E-state index in [4.69, 9.17) is 0 Å². The summed E-state index contributed by atoms with van der Waals surface area (Å²) in [5.41, 5.74) is 0.592. The molecule has 0 aliphatic heterocycles. The van der Waals surface area contributed by atoms with E-state index in [-0.39, 0.29) is 22.2 Å². The summed E-state index contributed by atoms with van der Waals surface area (Å²) >= 11 is 1.69. The van der Waals surface area contributed by atoms with E-state index in [9.17, 15) is 13.2 Å². The first-order valence-electron chi connectivity index (χ1n) is 10.7. The lowest BCUT2D eigenvalue weighted by atomic mass is 9.95. The molecule has 3 aromatic rings. The Morgan fingerprint density at radius 2 is 1.91 bits per heavy atom. The summed E-state index contributed by atoms with van der Waals surface area (Å²) in [6.07, 6.45) is 0.899. The predicted octanol–water partition coefficient (Wildman–Crippen LogP) is 7.12. The van der Waals surface area contributed by atoms with Crippen LogP contribution in [0.25, 0.3) is 22.0 Å². The maximum absolute atomic E-state index is 15.3. The van der Waals surface area contributed by atoms with Crippen molar-refractivity contribution in [3.05, 3.63) is 53.2 Å². The summed E-state index contributed by atoms with van der Waals surface area (Å²) in [6, 6.07) is 3.83. The van der Waals surface area contributed by atoms with Crippen LogP contribution < -0.4 is 4.72 Å². The highest BCUT2D eigenvalue weighted by Gasteiger charge is 2.35. The van der Waals surface area contributed by atoms with Gasteiger partial charge in [0.2, 0.25) is 0 Å². The molecule has 4 rings (SSSR count). The number of fused-ring (bicyclic) bond motifs is 1. The summed E-state index contributed by atoms with van der Waals surface area (Å²) in [6.45, 7) is 8.98. The van der Waals surface area contributed by atoms with E-state index in [1.807, 2.05) is 10.8 Å². The Kier molecular flexibility index (Phi) is 6.05. The number of aromatic nitrogens is 2. The van der Waals surface area contributed by atoms with Crippen molar-refractivity contribution >= 4 is 22.9 Å². The number of aryl methyl sites for hydroxylation is 1. The predicted molar refractivity (Wildman–Crippen MR) is 122 cm³/mol. The number of hydrogen-bond acceptors (Lipinski definition) is 3. The van der Waals surface area contributed by atoms with Crippen molar-refractivity contribution in [1.29, 1.82) is 0 Å². The molecule has 1 N–H and O–H groups in total. The lowest BCUT2D eigenvalue weighted by Crippen LogP contribution is -2.15. The Bertz CT molecular complexity index is 1140. The van der Waals surface area contributed by atoms with Crippen molar-refractivity contribution in [2.45, 2.75) is 65.1 Å². The van der Waals surface area contributed by atoms with Gasteiger partial charge in [0.1, 0.15) is 5.82 Å². The van der Waals surface area contributed by atoms with Gasteiger partial charge in [-0.15, -0.1) is 0 Å². The van der Waals surface area contributed by atoms with Crippen molar-refractivity contribution in [3.63, 3.8) is 0 Å². The maximum Gasteiger partial charge on any atom is 0.417 e. The third-order valence-electron chi connectivity index (χ3n) is 5.45. The first-order valence-corrected chi connectivity index (χ1v) is 11.5. The number of hydrogen-bond donors (Lipinski definition) is 1. The fraction of sp³-hybridized carbons (Fsp3) is 0.458. The van der Waals surface area contributed by atoms with Crippen LogP contribution in [0, 0.1) is 18.2 Å². The number of halogens is 4. The minimum absolute atomic E-state index is 0.0602. The van der Waals surface area contributed by atoms with Gasteiger partial charge >= 0.3 is 6.18 Å². The molecule has 0 amide bonds. The highest BCUT2D eigenvalue weighted by atomic mass is 32.2. The largest absolute Gasteiger partial charge is 0.417 e. The Hall–Kier alpha value is -2.06. The van der Waals surface area contributed by atoms with Crippen molar-refractivity contribution < 1.29 is 17.6 Å². The van der Waals surface area contributed by atoms with E-state index in [0.29, 0.717) is 18.3 Å². The third kappa shape index (κ3) is 4.96. The molecule has 1 aliphatic rings. The maximum atomic E-state index is 15.3. The van der Waals surface area contributed by atoms with Gasteiger partial charge in [-0.25, -0.2) is 4.39 Å². The second kappa shape index (κ2) is 8.37. The van der Waals surface area contributed by atoms with Gasteiger partial charge in [-0.05, 0) is 48.9 Å². The minimum atomic E-state index is -4.60. The van der Waals surface area contributed by atoms with Crippen LogP contribution >= 0.6 is 11.9 Å². The Labute approximate surface area is 189 Å². The zero-order valence-corrected chi connectivity index (χ0v) is 19.4. The number of alkyl halides is 3. The van der Waals surface area contributed by atoms with E-state index < -0.39 is 17.6 Å². The molecule has 1 saturated carbocycles. The molecule has 0 saturated heterocycles. The first kappa shape index (κ1) is 23.1. The molecule has 172 valence electrons. The van der Waals surface area contributed by atoms with E-state index in [0.717, 1.165) is 28.7 Å². The molecule has 0 unspecified atom stereocenters. The number of nitrogens with zero attached hydrogens (tertiary/aromatic N) is 2. The van der Waals surface area contributed by atoms with Crippen molar-refractivity contribution in [2.75, 3.05) is 0 Å². The molecule has 2 aromatic heterocycles. The first-order chi connectivity index (χ1) is 14.9. The number of benzene rings is 1. The second-order valence-corrected chi connectivity index (χ2v) is 10.8. The fourth-order valence-corrected chi connectivity index (χ4v) is 4.77. The summed E-state index contributed by atoms with van der Waals surface area (Å²) in [5, 5.41) is 1.35. The van der Waals surface area contributed by atoms with Crippen LogP contribution in [0.1, 0.15) is 50.4 Å².